The maximum atomic E-state index is 4.15. The van der Waals surface area contributed by atoms with Crippen LogP contribution in [0.2, 0.25) is 0 Å². The van der Waals surface area contributed by atoms with Gasteiger partial charge in [-0.05, 0) is 113 Å². The minimum atomic E-state index is 0.672. The molecule has 0 radical (unpaired) electrons. The first-order valence-corrected chi connectivity index (χ1v) is 13.8. The number of nitrogens with zero attached hydrogens (tertiary/aromatic N) is 2. The minimum Gasteiger partial charge on any atom is -0.236 e. The van der Waals surface area contributed by atoms with Crippen LogP contribution in [0.15, 0.2) is 24.3 Å². The summed E-state index contributed by atoms with van der Waals surface area (Å²) >= 11 is 0. The maximum absolute atomic E-state index is 4.15. The standard InChI is InChI=1S/C28H45N3/c1-19-15-27-28(16-20(19)2)30(25-13-11-21-7-3-5-9-23(21)17-25)31(29-27)26-14-12-22-8-4-6-10-24(22)18-26/h5-6,9-10,19-29H,3-4,7-8,11-18H2,1-2H3/t19-,20?,21?,22?,23-,24?,25?,26+,27?,28?/m0/s1. The van der Waals surface area contributed by atoms with Crippen LogP contribution in [0.5, 0.6) is 0 Å². The van der Waals surface area contributed by atoms with Gasteiger partial charge in [0.25, 0.3) is 0 Å². The van der Waals surface area contributed by atoms with Gasteiger partial charge in [0.2, 0.25) is 0 Å². The van der Waals surface area contributed by atoms with Crippen LogP contribution in [0.3, 0.4) is 0 Å². The van der Waals surface area contributed by atoms with Gasteiger partial charge in [-0.3, -0.25) is 0 Å². The van der Waals surface area contributed by atoms with Crippen molar-refractivity contribution < 1.29 is 0 Å². The number of fused-ring (bicyclic) bond motifs is 3. The molecule has 0 spiro atoms. The Morgan fingerprint density at radius 2 is 1.29 bits per heavy atom. The molecular weight excluding hydrogens is 378 g/mol. The zero-order valence-electron chi connectivity index (χ0n) is 20.0. The van der Waals surface area contributed by atoms with Crippen molar-refractivity contribution in [1.82, 2.24) is 15.6 Å². The molecule has 0 aromatic rings. The summed E-state index contributed by atoms with van der Waals surface area (Å²) in [4.78, 5) is 0. The summed E-state index contributed by atoms with van der Waals surface area (Å²) in [6, 6.07) is 2.83. The van der Waals surface area contributed by atoms with E-state index in [2.05, 4.69) is 53.7 Å². The van der Waals surface area contributed by atoms with Gasteiger partial charge in [-0.25, -0.2) is 10.4 Å². The van der Waals surface area contributed by atoms with Gasteiger partial charge in [0, 0.05) is 24.2 Å². The molecular formula is C28H45N3. The lowest BCUT2D eigenvalue weighted by molar-refractivity contribution is -0.131. The van der Waals surface area contributed by atoms with Crippen LogP contribution in [0.25, 0.3) is 0 Å². The van der Waals surface area contributed by atoms with Crippen LogP contribution < -0.4 is 5.43 Å². The highest BCUT2D eigenvalue weighted by Gasteiger charge is 2.51. The molecule has 5 aliphatic carbocycles. The molecule has 4 fully saturated rings. The maximum Gasteiger partial charge on any atom is 0.0432 e. The molecule has 3 nitrogen and oxygen atoms in total. The van der Waals surface area contributed by atoms with Crippen molar-refractivity contribution in [3.63, 3.8) is 0 Å². The van der Waals surface area contributed by atoms with Gasteiger partial charge in [0.05, 0.1) is 0 Å². The molecule has 6 aliphatic rings. The fourth-order valence-electron chi connectivity index (χ4n) is 8.44. The van der Waals surface area contributed by atoms with E-state index in [1.165, 1.54) is 77.0 Å². The highest BCUT2D eigenvalue weighted by atomic mass is 15.9. The topological polar surface area (TPSA) is 18.5 Å². The van der Waals surface area contributed by atoms with Crippen LogP contribution in [0, 0.1) is 35.5 Å². The fraction of sp³-hybridized carbons (Fsp3) is 0.857. The molecule has 0 aromatic heterocycles. The van der Waals surface area contributed by atoms with Crippen molar-refractivity contribution in [1.29, 1.82) is 0 Å². The van der Waals surface area contributed by atoms with Crippen LogP contribution >= 0.6 is 0 Å². The predicted molar refractivity (Wildman–Crippen MR) is 128 cm³/mol. The molecule has 3 saturated carbocycles. The summed E-state index contributed by atoms with van der Waals surface area (Å²) < 4.78 is 0. The van der Waals surface area contributed by atoms with E-state index >= 15 is 0 Å². The van der Waals surface area contributed by atoms with Crippen molar-refractivity contribution in [2.45, 2.75) is 115 Å². The van der Waals surface area contributed by atoms with Gasteiger partial charge in [-0.2, -0.15) is 5.12 Å². The van der Waals surface area contributed by atoms with Crippen molar-refractivity contribution in [3.05, 3.63) is 24.3 Å². The van der Waals surface area contributed by atoms with Gasteiger partial charge >= 0.3 is 0 Å². The third kappa shape index (κ3) is 3.87. The lowest BCUT2D eigenvalue weighted by atomic mass is 9.71. The molecule has 0 bridgehead atoms. The van der Waals surface area contributed by atoms with E-state index in [0.29, 0.717) is 12.1 Å². The molecule has 3 heteroatoms. The molecule has 31 heavy (non-hydrogen) atoms. The number of allylic oxidation sites excluding steroid dienone is 4. The molecule has 1 saturated heterocycles. The molecule has 6 rings (SSSR count). The monoisotopic (exact) mass is 423 g/mol. The van der Waals surface area contributed by atoms with Crippen LogP contribution in [-0.2, 0) is 0 Å². The quantitative estimate of drug-likeness (QED) is 0.542. The van der Waals surface area contributed by atoms with Crippen molar-refractivity contribution in [3.8, 4) is 0 Å². The number of nitrogens with one attached hydrogen (secondary N) is 1. The Hall–Kier alpha value is -0.640. The zero-order valence-corrected chi connectivity index (χ0v) is 20.0. The molecule has 1 aliphatic heterocycles. The molecule has 172 valence electrons. The van der Waals surface area contributed by atoms with E-state index in [-0.39, 0.29) is 0 Å². The third-order valence-corrected chi connectivity index (χ3v) is 10.5. The first kappa shape index (κ1) is 20.9. The number of rotatable bonds is 2. The Morgan fingerprint density at radius 1 is 0.677 bits per heavy atom. The van der Waals surface area contributed by atoms with Crippen LogP contribution in [0.4, 0.5) is 0 Å². The Morgan fingerprint density at radius 3 is 2.00 bits per heavy atom. The average molecular weight is 424 g/mol. The van der Waals surface area contributed by atoms with Gasteiger partial charge in [0.1, 0.15) is 0 Å². The lowest BCUT2D eigenvalue weighted by Gasteiger charge is -2.49. The van der Waals surface area contributed by atoms with Gasteiger partial charge < -0.3 is 0 Å². The normalized spacial score (nSPS) is 50.6. The second kappa shape index (κ2) is 8.61. The summed E-state index contributed by atoms with van der Waals surface area (Å²) in [6.45, 7) is 5.01. The molecule has 0 amide bonds. The summed E-state index contributed by atoms with van der Waals surface area (Å²) in [5.74, 6) is 5.30. The molecule has 0 aromatic carbocycles. The smallest absolute Gasteiger partial charge is 0.0432 e. The van der Waals surface area contributed by atoms with Gasteiger partial charge in [0.15, 0.2) is 0 Å². The van der Waals surface area contributed by atoms with E-state index in [9.17, 15) is 0 Å². The average Bonchev–Trinajstić information content (AvgIpc) is 3.16. The lowest BCUT2D eigenvalue weighted by Crippen LogP contribution is -2.57. The molecule has 7 unspecified atom stereocenters. The molecule has 1 heterocycles. The second-order valence-corrected chi connectivity index (χ2v) is 12.2. The third-order valence-electron chi connectivity index (χ3n) is 10.5. The Labute approximate surface area is 190 Å². The fourth-order valence-corrected chi connectivity index (χ4v) is 8.44. The highest BCUT2D eigenvalue weighted by molar-refractivity contribution is 5.06. The van der Waals surface area contributed by atoms with E-state index in [0.717, 1.165) is 47.6 Å². The molecule has 10 atom stereocenters. The van der Waals surface area contributed by atoms with E-state index in [4.69, 9.17) is 0 Å². The first-order valence-electron chi connectivity index (χ1n) is 13.8. The van der Waals surface area contributed by atoms with E-state index in [1.54, 1.807) is 0 Å². The Kier molecular flexibility index (Phi) is 5.82. The van der Waals surface area contributed by atoms with Crippen LogP contribution in [-0.4, -0.2) is 34.3 Å². The Bertz CT molecular complexity index is 700. The minimum absolute atomic E-state index is 0.672. The summed E-state index contributed by atoms with van der Waals surface area (Å²) in [5, 5.41) is 5.72. The summed E-state index contributed by atoms with van der Waals surface area (Å²) in [5.41, 5.74) is 4.15. The zero-order chi connectivity index (χ0) is 20.9. The number of hydrogen-bond acceptors (Lipinski definition) is 3. The summed E-state index contributed by atoms with van der Waals surface area (Å²) in [7, 11) is 0. The second-order valence-electron chi connectivity index (χ2n) is 12.2. The molecule has 1 N–H and O–H groups in total. The van der Waals surface area contributed by atoms with Crippen molar-refractivity contribution >= 4 is 0 Å². The highest BCUT2D eigenvalue weighted by Crippen LogP contribution is 2.46. The largest absolute Gasteiger partial charge is 0.236 e. The number of hydrazine groups is 2. The predicted octanol–water partition coefficient (Wildman–Crippen LogP) is 6.10. The van der Waals surface area contributed by atoms with Crippen molar-refractivity contribution in [2.75, 3.05) is 0 Å². The Balaban J connectivity index is 1.25. The van der Waals surface area contributed by atoms with E-state index < -0.39 is 0 Å². The summed E-state index contributed by atoms with van der Waals surface area (Å²) in [6.07, 6.45) is 26.8. The van der Waals surface area contributed by atoms with E-state index in [1.807, 2.05) is 0 Å². The van der Waals surface area contributed by atoms with Crippen LogP contribution in [0.1, 0.15) is 90.9 Å². The van der Waals surface area contributed by atoms with Crippen molar-refractivity contribution in [2.24, 2.45) is 35.5 Å². The van der Waals surface area contributed by atoms with Gasteiger partial charge in [-0.15, -0.1) is 0 Å². The van der Waals surface area contributed by atoms with Gasteiger partial charge in [-0.1, -0.05) is 38.2 Å². The SMILES string of the molecule is CC1CC2C(C[C@@H]1C)NN([C@@H]1CCC3CCC=CC3C1)N2C1CCC2CCC=C[C@H]2C1. The number of hydrogen-bond donors (Lipinski definition) is 1. The first-order chi connectivity index (χ1) is 15.2.